The van der Waals surface area contributed by atoms with E-state index in [-0.39, 0.29) is 0 Å². The lowest BCUT2D eigenvalue weighted by Crippen LogP contribution is -2.43. The van der Waals surface area contributed by atoms with Gasteiger partial charge < -0.3 is 10.6 Å². The van der Waals surface area contributed by atoms with Gasteiger partial charge in [0.15, 0.2) is 0 Å². The van der Waals surface area contributed by atoms with Crippen LogP contribution in [0.2, 0.25) is 0 Å². The van der Waals surface area contributed by atoms with E-state index in [1.807, 2.05) is 0 Å². The predicted molar refractivity (Wildman–Crippen MR) is 115 cm³/mol. The van der Waals surface area contributed by atoms with E-state index in [0.717, 1.165) is 32.7 Å². The smallest absolute Gasteiger partial charge is 0.0240 e. The molecular weight excluding hydrogens is 330 g/mol. The Balaban J connectivity index is 1.56. The van der Waals surface area contributed by atoms with Crippen molar-refractivity contribution in [3.63, 3.8) is 0 Å². The average Bonchev–Trinajstić information content (AvgIpc) is 2.73. The summed E-state index contributed by atoms with van der Waals surface area (Å²) in [5, 5.41) is 7.13. The van der Waals surface area contributed by atoms with Gasteiger partial charge in [-0.25, -0.2) is 0 Å². The van der Waals surface area contributed by atoms with E-state index in [4.69, 9.17) is 0 Å². The molecule has 0 saturated heterocycles. The molecule has 146 valence electrons. The first-order valence-corrected chi connectivity index (χ1v) is 10.6. The van der Waals surface area contributed by atoms with Crippen LogP contribution in [0, 0.1) is 0 Å². The highest BCUT2D eigenvalue weighted by atomic mass is 15.2. The predicted octanol–water partition coefficient (Wildman–Crippen LogP) is 4.20. The Morgan fingerprint density at radius 2 is 1.33 bits per heavy atom. The molecule has 3 rings (SSSR count). The number of nitrogens with one attached hydrogen (secondary N) is 2. The SMILES string of the molecule is CCNCCNC1CCC(N(Cc2ccccc2)Cc2ccccc2)CC1. The zero-order chi connectivity index (χ0) is 18.7. The Bertz CT molecular complexity index is 579. The van der Waals surface area contributed by atoms with E-state index in [9.17, 15) is 0 Å². The van der Waals surface area contributed by atoms with Crippen LogP contribution in [0.4, 0.5) is 0 Å². The highest BCUT2D eigenvalue weighted by molar-refractivity contribution is 5.17. The average molecular weight is 366 g/mol. The first-order chi connectivity index (χ1) is 13.3. The third kappa shape index (κ3) is 6.76. The lowest BCUT2D eigenvalue weighted by molar-refractivity contribution is 0.128. The normalized spacial score (nSPS) is 20.1. The number of benzene rings is 2. The molecule has 2 aromatic carbocycles. The van der Waals surface area contributed by atoms with E-state index in [2.05, 4.69) is 83.1 Å². The Hall–Kier alpha value is -1.68. The third-order valence-corrected chi connectivity index (χ3v) is 5.65. The summed E-state index contributed by atoms with van der Waals surface area (Å²) < 4.78 is 0. The van der Waals surface area contributed by atoms with Gasteiger partial charge in [0.25, 0.3) is 0 Å². The van der Waals surface area contributed by atoms with Crippen LogP contribution in [-0.4, -0.2) is 36.6 Å². The van der Waals surface area contributed by atoms with Gasteiger partial charge in [0.1, 0.15) is 0 Å². The van der Waals surface area contributed by atoms with E-state index < -0.39 is 0 Å². The molecular formula is C24H35N3. The quantitative estimate of drug-likeness (QED) is 0.618. The van der Waals surface area contributed by atoms with Crippen molar-refractivity contribution in [1.29, 1.82) is 0 Å². The monoisotopic (exact) mass is 365 g/mol. The van der Waals surface area contributed by atoms with Gasteiger partial charge in [-0.05, 0) is 43.4 Å². The van der Waals surface area contributed by atoms with Gasteiger partial charge >= 0.3 is 0 Å². The van der Waals surface area contributed by atoms with Crippen molar-refractivity contribution in [3.8, 4) is 0 Å². The number of nitrogens with zero attached hydrogens (tertiary/aromatic N) is 1. The van der Waals surface area contributed by atoms with Gasteiger partial charge in [0.05, 0.1) is 0 Å². The zero-order valence-corrected chi connectivity index (χ0v) is 16.7. The first-order valence-electron chi connectivity index (χ1n) is 10.6. The van der Waals surface area contributed by atoms with Crippen LogP contribution in [-0.2, 0) is 13.1 Å². The fraction of sp³-hybridized carbons (Fsp3) is 0.500. The van der Waals surface area contributed by atoms with Crippen LogP contribution in [0.25, 0.3) is 0 Å². The molecule has 27 heavy (non-hydrogen) atoms. The van der Waals surface area contributed by atoms with Crippen LogP contribution in [0.3, 0.4) is 0 Å². The van der Waals surface area contributed by atoms with Crippen molar-refractivity contribution in [2.45, 2.75) is 57.8 Å². The maximum atomic E-state index is 3.73. The molecule has 0 bridgehead atoms. The first kappa shape index (κ1) is 20.1. The van der Waals surface area contributed by atoms with Gasteiger partial charge in [-0.15, -0.1) is 0 Å². The van der Waals surface area contributed by atoms with Crippen molar-refractivity contribution in [3.05, 3.63) is 71.8 Å². The van der Waals surface area contributed by atoms with Crippen molar-refractivity contribution in [2.24, 2.45) is 0 Å². The second kappa shape index (κ2) is 11.2. The molecule has 3 heteroatoms. The molecule has 0 unspecified atom stereocenters. The van der Waals surface area contributed by atoms with Crippen LogP contribution in [0.5, 0.6) is 0 Å². The molecule has 2 N–H and O–H groups in total. The molecule has 1 saturated carbocycles. The molecule has 0 aromatic heterocycles. The standard InChI is InChI=1S/C24H35N3/c1-2-25-17-18-26-23-13-15-24(16-14-23)27(19-21-9-5-3-6-10-21)20-22-11-7-4-8-12-22/h3-12,23-26H,2,13-20H2,1H3. The Morgan fingerprint density at radius 1 is 0.778 bits per heavy atom. The molecule has 2 aromatic rings. The molecule has 3 nitrogen and oxygen atoms in total. The van der Waals surface area contributed by atoms with Crippen LogP contribution in [0.1, 0.15) is 43.7 Å². The van der Waals surface area contributed by atoms with Crippen molar-refractivity contribution >= 4 is 0 Å². The van der Waals surface area contributed by atoms with Gasteiger partial charge in [-0.2, -0.15) is 0 Å². The highest BCUT2D eigenvalue weighted by Gasteiger charge is 2.25. The Labute approximate surface area is 165 Å². The summed E-state index contributed by atoms with van der Waals surface area (Å²) in [5.41, 5.74) is 2.83. The lowest BCUT2D eigenvalue weighted by Gasteiger charge is -2.37. The molecule has 0 spiro atoms. The van der Waals surface area contributed by atoms with E-state index >= 15 is 0 Å². The minimum atomic E-state index is 0.678. The fourth-order valence-electron chi connectivity index (χ4n) is 4.14. The molecule has 0 aliphatic heterocycles. The number of rotatable bonds is 10. The number of likely N-dealkylation sites (N-methyl/N-ethyl adjacent to an activating group) is 1. The molecule has 0 atom stereocenters. The molecule has 1 fully saturated rings. The Morgan fingerprint density at radius 3 is 1.85 bits per heavy atom. The van der Waals surface area contributed by atoms with Crippen molar-refractivity contribution in [1.82, 2.24) is 15.5 Å². The molecule has 1 aliphatic carbocycles. The summed E-state index contributed by atoms with van der Waals surface area (Å²) in [7, 11) is 0. The van der Waals surface area contributed by atoms with E-state index in [1.54, 1.807) is 0 Å². The number of hydrogen-bond donors (Lipinski definition) is 2. The van der Waals surface area contributed by atoms with Crippen molar-refractivity contribution in [2.75, 3.05) is 19.6 Å². The summed E-state index contributed by atoms with van der Waals surface area (Å²) >= 11 is 0. The molecule has 0 heterocycles. The van der Waals surface area contributed by atoms with Crippen LogP contribution >= 0.6 is 0 Å². The molecule has 1 aliphatic rings. The maximum Gasteiger partial charge on any atom is 0.0240 e. The van der Waals surface area contributed by atoms with Crippen LogP contribution in [0.15, 0.2) is 60.7 Å². The second-order valence-electron chi connectivity index (χ2n) is 7.69. The third-order valence-electron chi connectivity index (χ3n) is 5.65. The van der Waals surface area contributed by atoms with Crippen LogP contribution < -0.4 is 10.6 Å². The summed E-state index contributed by atoms with van der Waals surface area (Å²) in [6, 6.07) is 23.2. The zero-order valence-electron chi connectivity index (χ0n) is 16.7. The highest BCUT2D eigenvalue weighted by Crippen LogP contribution is 2.26. The topological polar surface area (TPSA) is 27.3 Å². The Kier molecular flexibility index (Phi) is 8.34. The van der Waals surface area contributed by atoms with E-state index in [1.165, 1.54) is 36.8 Å². The minimum absolute atomic E-state index is 0.678. The molecule has 0 amide bonds. The van der Waals surface area contributed by atoms with Gasteiger partial charge in [-0.1, -0.05) is 67.6 Å². The lowest BCUT2D eigenvalue weighted by atomic mass is 9.89. The van der Waals surface area contributed by atoms with Crippen molar-refractivity contribution < 1.29 is 0 Å². The maximum absolute atomic E-state index is 3.73. The molecule has 0 radical (unpaired) electrons. The summed E-state index contributed by atoms with van der Waals surface area (Å²) in [6.45, 7) is 7.46. The van der Waals surface area contributed by atoms with Gasteiger partial charge in [0, 0.05) is 38.3 Å². The summed E-state index contributed by atoms with van der Waals surface area (Å²) in [4.78, 5) is 2.69. The minimum Gasteiger partial charge on any atom is -0.316 e. The van der Waals surface area contributed by atoms with E-state index in [0.29, 0.717) is 12.1 Å². The van der Waals surface area contributed by atoms with Gasteiger partial charge in [0.2, 0.25) is 0 Å². The van der Waals surface area contributed by atoms with Gasteiger partial charge in [-0.3, -0.25) is 4.90 Å². The largest absolute Gasteiger partial charge is 0.316 e. The second-order valence-corrected chi connectivity index (χ2v) is 7.69. The number of hydrogen-bond acceptors (Lipinski definition) is 3. The summed E-state index contributed by atoms with van der Waals surface area (Å²) in [6.07, 6.45) is 5.16. The summed E-state index contributed by atoms with van der Waals surface area (Å²) in [5.74, 6) is 0. The fourth-order valence-corrected chi connectivity index (χ4v) is 4.14.